The highest BCUT2D eigenvalue weighted by Crippen LogP contribution is 2.68. The third kappa shape index (κ3) is 2.24. The van der Waals surface area contributed by atoms with Gasteiger partial charge in [-0.2, -0.15) is 0 Å². The Morgan fingerprint density at radius 1 is 0.857 bits per heavy atom. The maximum Gasteiger partial charge on any atom is 0.0961 e. The minimum atomic E-state index is 0.461. The van der Waals surface area contributed by atoms with Crippen LogP contribution in [-0.2, 0) is 0 Å². The summed E-state index contributed by atoms with van der Waals surface area (Å²) in [5, 5.41) is 0. The van der Waals surface area contributed by atoms with E-state index >= 15 is 0 Å². The third-order valence-electron chi connectivity index (χ3n) is 10.4. The summed E-state index contributed by atoms with van der Waals surface area (Å²) in [7, 11) is 0. The van der Waals surface area contributed by atoms with Crippen LogP contribution in [0.1, 0.15) is 84.1 Å². The van der Waals surface area contributed by atoms with Gasteiger partial charge in [0.15, 0.2) is 0 Å². The zero-order valence-corrected chi connectivity index (χ0v) is 17.7. The van der Waals surface area contributed by atoms with E-state index in [9.17, 15) is 0 Å². The summed E-state index contributed by atoms with van der Waals surface area (Å²) >= 11 is 0. The molecule has 0 spiro atoms. The smallest absolute Gasteiger partial charge is 0.0961 e. The van der Waals surface area contributed by atoms with E-state index in [0.717, 1.165) is 23.7 Å². The van der Waals surface area contributed by atoms with Crippen molar-refractivity contribution in [2.24, 2.45) is 34.5 Å². The largest absolute Gasteiger partial charge is 0.327 e. The second kappa shape index (κ2) is 6.09. The van der Waals surface area contributed by atoms with Crippen LogP contribution in [0.15, 0.2) is 30.6 Å². The van der Waals surface area contributed by atoms with E-state index in [-0.39, 0.29) is 0 Å². The molecule has 0 radical (unpaired) electrons. The number of fused-ring (bicyclic) bond motifs is 6. The number of hydrogen-bond acceptors (Lipinski definition) is 1. The van der Waals surface area contributed by atoms with Crippen molar-refractivity contribution in [1.29, 1.82) is 0 Å². The van der Waals surface area contributed by atoms with Crippen LogP contribution in [0, 0.1) is 34.5 Å². The van der Waals surface area contributed by atoms with Crippen molar-refractivity contribution < 1.29 is 0 Å². The first kappa shape index (κ1) is 17.5. The summed E-state index contributed by atoms with van der Waals surface area (Å²) in [6, 6.07) is 9.38. The van der Waals surface area contributed by atoms with Crippen LogP contribution in [0.4, 0.5) is 0 Å². The zero-order chi connectivity index (χ0) is 18.9. The molecule has 0 bridgehead atoms. The molecular formula is C26H36N2. The molecule has 28 heavy (non-hydrogen) atoms. The molecule has 1 aromatic heterocycles. The lowest BCUT2D eigenvalue weighted by molar-refractivity contribution is -0.109. The first-order chi connectivity index (χ1) is 13.6. The average molecular weight is 377 g/mol. The number of imidazole rings is 1. The molecule has 2 aromatic rings. The second-order valence-electron chi connectivity index (χ2n) is 11.2. The first-order valence-corrected chi connectivity index (χ1v) is 12.0. The molecule has 4 saturated carbocycles. The summed E-state index contributed by atoms with van der Waals surface area (Å²) in [4.78, 5) is 4.74. The van der Waals surface area contributed by atoms with Gasteiger partial charge in [-0.3, -0.25) is 0 Å². The third-order valence-corrected chi connectivity index (χ3v) is 10.4. The molecule has 2 heteroatoms. The minimum absolute atomic E-state index is 0.461. The maximum atomic E-state index is 4.74. The molecule has 7 unspecified atom stereocenters. The topological polar surface area (TPSA) is 17.8 Å². The van der Waals surface area contributed by atoms with Gasteiger partial charge in [0.2, 0.25) is 0 Å². The van der Waals surface area contributed by atoms with Gasteiger partial charge in [0.25, 0.3) is 0 Å². The highest BCUT2D eigenvalue weighted by atomic mass is 15.1. The van der Waals surface area contributed by atoms with E-state index in [2.05, 4.69) is 49.0 Å². The molecule has 0 amide bonds. The Morgan fingerprint density at radius 3 is 2.64 bits per heavy atom. The zero-order valence-electron chi connectivity index (χ0n) is 17.7. The van der Waals surface area contributed by atoms with Gasteiger partial charge in [0.1, 0.15) is 0 Å². The Labute approximate surface area is 170 Å². The Balaban J connectivity index is 1.35. The van der Waals surface area contributed by atoms with Crippen LogP contribution in [0.3, 0.4) is 0 Å². The minimum Gasteiger partial charge on any atom is -0.327 e. The SMILES string of the molecule is CC12CCCCC1CCC1C2CCC2(C)C1CCC2n1cnc2ccccc21. The fraction of sp³-hybridized carbons (Fsp3) is 0.731. The van der Waals surface area contributed by atoms with E-state index in [1.807, 2.05) is 0 Å². The van der Waals surface area contributed by atoms with Crippen molar-refractivity contribution in [1.82, 2.24) is 9.55 Å². The van der Waals surface area contributed by atoms with Gasteiger partial charge in [-0.1, -0.05) is 38.8 Å². The van der Waals surface area contributed by atoms with E-state index in [1.165, 1.54) is 75.2 Å². The molecule has 2 nitrogen and oxygen atoms in total. The van der Waals surface area contributed by atoms with Gasteiger partial charge >= 0.3 is 0 Å². The van der Waals surface area contributed by atoms with Crippen LogP contribution >= 0.6 is 0 Å². The Bertz CT molecular complexity index is 883. The molecule has 4 fully saturated rings. The number of nitrogens with zero attached hydrogens (tertiary/aromatic N) is 2. The Kier molecular flexibility index (Phi) is 3.82. The van der Waals surface area contributed by atoms with Crippen LogP contribution in [0.5, 0.6) is 0 Å². The van der Waals surface area contributed by atoms with Gasteiger partial charge in [-0.05, 0) is 98.0 Å². The number of aromatic nitrogens is 2. The number of rotatable bonds is 1. The summed E-state index contributed by atoms with van der Waals surface area (Å²) in [5.41, 5.74) is 3.63. The lowest BCUT2D eigenvalue weighted by atomic mass is 9.45. The number of hydrogen-bond donors (Lipinski definition) is 0. The fourth-order valence-electron chi connectivity index (χ4n) is 8.95. The molecule has 0 saturated heterocycles. The highest BCUT2D eigenvalue weighted by Gasteiger charge is 2.60. The normalized spacial score (nSPS) is 45.4. The fourth-order valence-corrected chi connectivity index (χ4v) is 8.95. The van der Waals surface area contributed by atoms with Crippen molar-refractivity contribution >= 4 is 11.0 Å². The van der Waals surface area contributed by atoms with E-state index < -0.39 is 0 Å². The molecule has 0 N–H and O–H groups in total. The van der Waals surface area contributed by atoms with E-state index in [0.29, 0.717) is 16.9 Å². The Morgan fingerprint density at radius 2 is 1.71 bits per heavy atom. The van der Waals surface area contributed by atoms with E-state index in [1.54, 1.807) is 0 Å². The highest BCUT2D eigenvalue weighted by molar-refractivity contribution is 5.75. The molecule has 4 aliphatic carbocycles. The van der Waals surface area contributed by atoms with Gasteiger partial charge in [0, 0.05) is 6.04 Å². The lowest BCUT2D eigenvalue weighted by Gasteiger charge is -2.60. The number of para-hydroxylation sites is 2. The molecule has 6 rings (SSSR count). The van der Waals surface area contributed by atoms with Gasteiger partial charge in [-0.15, -0.1) is 0 Å². The van der Waals surface area contributed by atoms with Gasteiger partial charge < -0.3 is 4.57 Å². The average Bonchev–Trinajstić information content (AvgIpc) is 3.28. The van der Waals surface area contributed by atoms with E-state index in [4.69, 9.17) is 4.98 Å². The van der Waals surface area contributed by atoms with Crippen LogP contribution < -0.4 is 0 Å². The second-order valence-corrected chi connectivity index (χ2v) is 11.2. The van der Waals surface area contributed by atoms with Crippen molar-refractivity contribution in [2.45, 2.75) is 84.1 Å². The lowest BCUT2D eigenvalue weighted by Crippen LogP contribution is -2.52. The Hall–Kier alpha value is -1.31. The van der Waals surface area contributed by atoms with Crippen molar-refractivity contribution in [3.05, 3.63) is 30.6 Å². The standard InChI is InChI=1S/C26H36N2/c1-25-15-6-5-7-18(25)10-11-19-20-12-13-24(26(20,2)16-14-21(19)25)28-17-27-22-8-3-4-9-23(22)28/h3-4,8-9,17-21,24H,5-7,10-16H2,1-2H3. The molecule has 1 heterocycles. The van der Waals surface area contributed by atoms with Gasteiger partial charge in [-0.25, -0.2) is 4.98 Å². The number of benzene rings is 1. The molecule has 7 atom stereocenters. The predicted molar refractivity (Wildman–Crippen MR) is 115 cm³/mol. The van der Waals surface area contributed by atoms with Crippen molar-refractivity contribution in [3.63, 3.8) is 0 Å². The monoisotopic (exact) mass is 376 g/mol. The summed E-state index contributed by atoms with van der Waals surface area (Å²) in [6.45, 7) is 5.35. The maximum absolute atomic E-state index is 4.74. The molecule has 150 valence electrons. The predicted octanol–water partition coefficient (Wildman–Crippen LogP) is 7.01. The summed E-state index contributed by atoms with van der Waals surface area (Å²) in [5.74, 6) is 3.94. The van der Waals surface area contributed by atoms with Gasteiger partial charge in [0.05, 0.1) is 17.4 Å². The summed E-state index contributed by atoms with van der Waals surface area (Å²) in [6.07, 6.45) is 16.9. The molecule has 4 aliphatic rings. The van der Waals surface area contributed by atoms with Crippen LogP contribution in [0.2, 0.25) is 0 Å². The molecule has 1 aromatic carbocycles. The van der Waals surface area contributed by atoms with Crippen molar-refractivity contribution in [3.8, 4) is 0 Å². The quantitative estimate of drug-likeness (QED) is 0.523. The van der Waals surface area contributed by atoms with Crippen LogP contribution in [0.25, 0.3) is 11.0 Å². The summed E-state index contributed by atoms with van der Waals surface area (Å²) < 4.78 is 2.56. The molecule has 0 aliphatic heterocycles. The first-order valence-electron chi connectivity index (χ1n) is 12.0. The van der Waals surface area contributed by atoms with Crippen molar-refractivity contribution in [2.75, 3.05) is 0 Å². The molecular weight excluding hydrogens is 340 g/mol. The van der Waals surface area contributed by atoms with Crippen LogP contribution in [-0.4, -0.2) is 9.55 Å².